The summed E-state index contributed by atoms with van der Waals surface area (Å²) in [7, 11) is 6.39. The highest BCUT2D eigenvalue weighted by atomic mass is 35.5. The number of methoxy groups -OCH3 is 4. The number of pyridine rings is 1. The number of amidine groups is 1. The summed E-state index contributed by atoms with van der Waals surface area (Å²) in [5.41, 5.74) is 0.554. The summed E-state index contributed by atoms with van der Waals surface area (Å²) in [6, 6.07) is 22.9. The average Bonchev–Trinajstić information content (AvgIpc) is 3.64. The number of nitrogens with one attached hydrogen (secondary N) is 2. The average molecular weight is 1050 g/mol. The van der Waals surface area contributed by atoms with Crippen molar-refractivity contribution in [3.63, 3.8) is 0 Å². The van der Waals surface area contributed by atoms with Gasteiger partial charge in [-0.05, 0) is 91.4 Å². The SMILES string of the molecule is COCCN1CCC(OC2=CN(C(C)c3nccnc3NCc3ccc(OC)cc3)C3=NCNc4c(Cl)c(-c5nc(N(Cc6ccc(OC)cc6)Cc6ccc(OC)cc6)cc(C)c5C(F)(F)F)c(F)c(c43)O2)CC1. The van der Waals surface area contributed by atoms with Gasteiger partial charge in [0.15, 0.2) is 11.6 Å². The summed E-state index contributed by atoms with van der Waals surface area (Å²) >= 11 is 7.31. The van der Waals surface area contributed by atoms with Gasteiger partial charge in [0, 0.05) is 58.8 Å². The highest BCUT2D eigenvalue weighted by Gasteiger charge is 2.43. The van der Waals surface area contributed by atoms with Gasteiger partial charge in [0.2, 0.25) is 0 Å². The van der Waals surface area contributed by atoms with Gasteiger partial charge in [0.25, 0.3) is 0 Å². The van der Waals surface area contributed by atoms with E-state index in [0.29, 0.717) is 62.1 Å². The van der Waals surface area contributed by atoms with Gasteiger partial charge in [0.1, 0.15) is 53.2 Å². The van der Waals surface area contributed by atoms with E-state index >= 15 is 17.6 Å². The van der Waals surface area contributed by atoms with E-state index < -0.39 is 40.6 Å². The van der Waals surface area contributed by atoms with Gasteiger partial charge in [-0.25, -0.2) is 19.4 Å². The molecule has 394 valence electrons. The monoisotopic (exact) mass is 1050 g/mol. The molecule has 0 radical (unpaired) electrons. The van der Waals surface area contributed by atoms with Crippen LogP contribution in [0.3, 0.4) is 0 Å². The fraction of sp³-hybridized carbons (Fsp3) is 0.345. The van der Waals surface area contributed by atoms with Crippen LogP contribution in [0.1, 0.15) is 64.9 Å². The van der Waals surface area contributed by atoms with Gasteiger partial charge in [0.05, 0.1) is 73.3 Å². The zero-order valence-corrected chi connectivity index (χ0v) is 43.2. The van der Waals surface area contributed by atoms with Crippen LogP contribution in [-0.4, -0.2) is 98.0 Å². The first-order chi connectivity index (χ1) is 36.3. The summed E-state index contributed by atoms with van der Waals surface area (Å²) in [4.78, 5) is 24.8. The highest BCUT2D eigenvalue weighted by Crippen LogP contribution is 2.51. The lowest BCUT2D eigenvalue weighted by atomic mass is 9.96. The first-order valence-electron chi connectivity index (χ1n) is 24.4. The Bertz CT molecular complexity index is 2980. The van der Waals surface area contributed by atoms with Crippen LogP contribution in [0.15, 0.2) is 108 Å². The lowest BCUT2D eigenvalue weighted by Gasteiger charge is -2.32. The maximum absolute atomic E-state index is 18.3. The third-order valence-electron chi connectivity index (χ3n) is 13.4. The van der Waals surface area contributed by atoms with Crippen molar-refractivity contribution in [1.82, 2.24) is 24.8 Å². The molecule has 5 heterocycles. The number of aryl methyl sites for hydroxylation is 1. The number of alkyl halides is 3. The van der Waals surface area contributed by atoms with Crippen molar-refractivity contribution in [3.8, 4) is 34.3 Å². The molecule has 3 aliphatic heterocycles. The number of rotatable bonds is 19. The number of hydrogen-bond acceptors (Lipinski definition) is 15. The summed E-state index contributed by atoms with van der Waals surface area (Å²) in [6.07, 6.45) is 0.567. The molecule has 2 aromatic heterocycles. The van der Waals surface area contributed by atoms with E-state index in [2.05, 4.69) is 20.5 Å². The molecule has 9 rings (SSSR count). The maximum Gasteiger partial charge on any atom is 0.418 e. The quantitative estimate of drug-likeness (QED) is 0.0744. The molecule has 6 aromatic rings. The predicted octanol–water partition coefficient (Wildman–Crippen LogP) is 11.0. The van der Waals surface area contributed by atoms with Crippen LogP contribution in [0.4, 0.5) is 34.9 Å². The van der Waals surface area contributed by atoms with Gasteiger partial charge in [-0.3, -0.25) is 4.98 Å². The van der Waals surface area contributed by atoms with E-state index in [-0.39, 0.29) is 65.3 Å². The molecule has 75 heavy (non-hydrogen) atoms. The van der Waals surface area contributed by atoms with Crippen LogP contribution in [0.2, 0.25) is 5.02 Å². The van der Waals surface area contributed by atoms with E-state index in [1.165, 1.54) is 13.0 Å². The van der Waals surface area contributed by atoms with Crippen LogP contribution >= 0.6 is 11.6 Å². The van der Waals surface area contributed by atoms with Crippen LogP contribution in [0.25, 0.3) is 11.3 Å². The Morgan fingerprint density at radius 1 is 0.853 bits per heavy atom. The van der Waals surface area contributed by atoms with E-state index in [9.17, 15) is 0 Å². The molecule has 2 N–H and O–H groups in total. The number of hydrogen-bond donors (Lipinski definition) is 2. The molecule has 1 atom stereocenters. The summed E-state index contributed by atoms with van der Waals surface area (Å²) < 4.78 is 99.9. The molecule has 0 amide bonds. The van der Waals surface area contributed by atoms with Crippen LogP contribution < -0.4 is 34.5 Å². The smallest absolute Gasteiger partial charge is 0.418 e. The lowest BCUT2D eigenvalue weighted by Crippen LogP contribution is -2.39. The number of anilines is 3. The van der Waals surface area contributed by atoms with E-state index in [0.717, 1.165) is 29.0 Å². The van der Waals surface area contributed by atoms with Crippen molar-refractivity contribution in [2.75, 3.05) is 76.9 Å². The standard InChI is InChI=1S/C55H58ClF4N9O6/c1-33-27-42(68(29-36-9-15-39(72-5)16-10-36)30-37-11-17-40(73-6)18-12-37)66-50(46(33)55(58,59)60)44-47(56)51-45-52(48(44)57)75-43(74-41-19-23-67(24-20-41)25-26-70-3)31-69(54(45)65-32-64-51)34(2)49-53(62-22-21-61-49)63-28-35-7-13-38(71-4)14-8-35/h7-18,21-22,27,31,34,41,64H,19-20,23-26,28-30,32H2,1-6H3,(H,62,63). The van der Waals surface area contributed by atoms with Crippen molar-refractivity contribution in [3.05, 3.63) is 153 Å². The molecule has 20 heteroatoms. The van der Waals surface area contributed by atoms with Crippen LogP contribution in [0.5, 0.6) is 23.0 Å². The topological polar surface area (TPSA) is 140 Å². The highest BCUT2D eigenvalue weighted by molar-refractivity contribution is 6.37. The van der Waals surface area contributed by atoms with Crippen molar-refractivity contribution in [2.24, 2.45) is 4.99 Å². The molecule has 3 aliphatic rings. The number of piperidine rings is 1. The molecule has 0 spiro atoms. The summed E-state index contributed by atoms with van der Waals surface area (Å²) in [5.74, 6) is 1.04. The molecule has 1 fully saturated rings. The van der Waals surface area contributed by atoms with Gasteiger partial charge < -0.3 is 53.8 Å². The Morgan fingerprint density at radius 3 is 2.04 bits per heavy atom. The normalized spacial score (nSPS) is 15.1. The van der Waals surface area contributed by atoms with E-state index in [1.807, 2.05) is 60.4 Å². The fourth-order valence-electron chi connectivity index (χ4n) is 9.45. The van der Waals surface area contributed by atoms with Crippen molar-refractivity contribution in [2.45, 2.75) is 64.6 Å². The second kappa shape index (κ2) is 23.0. The number of aromatic nitrogens is 3. The molecular weight excluding hydrogens is 994 g/mol. The zero-order valence-electron chi connectivity index (χ0n) is 42.4. The van der Waals surface area contributed by atoms with Gasteiger partial charge in [-0.15, -0.1) is 0 Å². The molecule has 1 unspecified atom stereocenters. The Morgan fingerprint density at radius 2 is 1.45 bits per heavy atom. The maximum atomic E-state index is 18.3. The Kier molecular flexibility index (Phi) is 16.1. The molecular formula is C55H58ClF4N9O6. The van der Waals surface area contributed by atoms with Gasteiger partial charge in [-0.2, -0.15) is 13.2 Å². The van der Waals surface area contributed by atoms with Crippen molar-refractivity contribution >= 4 is 34.8 Å². The predicted molar refractivity (Wildman–Crippen MR) is 279 cm³/mol. The largest absolute Gasteiger partial charge is 0.497 e. The van der Waals surface area contributed by atoms with Gasteiger partial charge in [-0.1, -0.05) is 48.0 Å². The number of benzene rings is 4. The van der Waals surface area contributed by atoms with E-state index in [1.54, 1.807) is 76.2 Å². The molecule has 1 saturated heterocycles. The first-order valence-corrected chi connectivity index (χ1v) is 24.8. The first kappa shape index (κ1) is 52.5. The summed E-state index contributed by atoms with van der Waals surface area (Å²) in [5, 5.41) is 6.20. The van der Waals surface area contributed by atoms with Crippen LogP contribution in [0, 0.1) is 12.7 Å². The molecule has 0 aliphatic carbocycles. The molecule has 0 bridgehead atoms. The minimum atomic E-state index is -5.00. The van der Waals surface area contributed by atoms with Gasteiger partial charge >= 0.3 is 12.1 Å². The second-order valence-corrected chi connectivity index (χ2v) is 18.6. The number of likely N-dealkylation sites (tertiary alicyclic amines) is 1. The van der Waals surface area contributed by atoms with Crippen molar-refractivity contribution < 1.29 is 46.0 Å². The fourth-order valence-corrected chi connectivity index (χ4v) is 9.78. The number of halogens is 5. The third kappa shape index (κ3) is 11.6. The van der Waals surface area contributed by atoms with E-state index in [4.69, 9.17) is 55.0 Å². The molecule has 4 aromatic carbocycles. The Hall–Kier alpha value is -7.35. The Labute approximate surface area is 438 Å². The lowest BCUT2D eigenvalue weighted by molar-refractivity contribution is -0.137. The second-order valence-electron chi connectivity index (χ2n) is 18.2. The molecule has 15 nitrogen and oxygen atoms in total. The number of aliphatic imine (C=N–C) groups is 1. The minimum absolute atomic E-state index is 0.0716. The summed E-state index contributed by atoms with van der Waals surface area (Å²) in [6.45, 7) is 6.65. The van der Waals surface area contributed by atoms with Crippen LogP contribution in [-0.2, 0) is 35.3 Å². The van der Waals surface area contributed by atoms with Crippen molar-refractivity contribution in [1.29, 1.82) is 0 Å². The number of nitrogens with zero attached hydrogens (tertiary/aromatic N) is 7. The zero-order chi connectivity index (χ0) is 52.8. The third-order valence-corrected chi connectivity index (χ3v) is 13.8. The molecule has 0 saturated carbocycles. The minimum Gasteiger partial charge on any atom is -0.497 e. The Balaban J connectivity index is 1.16. The number of ether oxygens (including phenoxy) is 6.